The number of hydrogen-bond donors (Lipinski definition) is 1. The summed E-state index contributed by atoms with van der Waals surface area (Å²) in [5, 5.41) is 3.29. The summed E-state index contributed by atoms with van der Waals surface area (Å²) >= 11 is 3.34. The van der Waals surface area contributed by atoms with E-state index in [1.807, 2.05) is 0 Å². The molecule has 0 spiro atoms. The first-order valence-corrected chi connectivity index (χ1v) is 7.41. The molecule has 6 heteroatoms. The summed E-state index contributed by atoms with van der Waals surface area (Å²) in [5.41, 5.74) is 0.714. The highest BCUT2D eigenvalue weighted by molar-refractivity contribution is 9.10. The van der Waals surface area contributed by atoms with E-state index < -0.39 is 6.61 Å². The molecule has 112 valence electrons. The Kier molecular flexibility index (Phi) is 5.74. The molecule has 1 aliphatic rings. The van der Waals surface area contributed by atoms with Crippen molar-refractivity contribution in [2.24, 2.45) is 5.92 Å². The van der Waals surface area contributed by atoms with E-state index in [2.05, 4.69) is 32.9 Å². The second-order valence-electron chi connectivity index (χ2n) is 4.89. The number of hydrogen-bond acceptors (Lipinski definition) is 3. The van der Waals surface area contributed by atoms with E-state index in [1.165, 1.54) is 0 Å². The average molecular weight is 350 g/mol. The molecule has 1 aliphatic heterocycles. The molecule has 20 heavy (non-hydrogen) atoms. The molecule has 1 aromatic rings. The van der Waals surface area contributed by atoms with Crippen LogP contribution in [0.1, 0.15) is 18.9 Å². The molecule has 1 saturated heterocycles. The summed E-state index contributed by atoms with van der Waals surface area (Å²) in [7, 11) is 0. The van der Waals surface area contributed by atoms with Crippen molar-refractivity contribution in [1.82, 2.24) is 5.32 Å². The van der Waals surface area contributed by atoms with Crippen LogP contribution in [0.3, 0.4) is 0 Å². The third kappa shape index (κ3) is 4.40. The Bertz CT molecular complexity index is 445. The van der Waals surface area contributed by atoms with Crippen molar-refractivity contribution in [3.05, 3.63) is 28.2 Å². The zero-order chi connectivity index (χ0) is 14.5. The first-order valence-electron chi connectivity index (χ1n) is 6.62. The molecule has 0 aromatic heterocycles. The third-order valence-corrected chi connectivity index (χ3v) is 3.99. The van der Waals surface area contributed by atoms with E-state index in [0.717, 1.165) is 24.0 Å². The molecule has 2 unspecified atom stereocenters. The van der Waals surface area contributed by atoms with Gasteiger partial charge in [0, 0.05) is 29.7 Å². The van der Waals surface area contributed by atoms with Crippen LogP contribution in [0.4, 0.5) is 8.78 Å². The van der Waals surface area contributed by atoms with Gasteiger partial charge in [-0.25, -0.2) is 0 Å². The Morgan fingerprint density at radius 3 is 2.95 bits per heavy atom. The second-order valence-corrected chi connectivity index (χ2v) is 5.80. The van der Waals surface area contributed by atoms with Crippen molar-refractivity contribution in [3.8, 4) is 5.75 Å². The minimum absolute atomic E-state index is 0.214. The summed E-state index contributed by atoms with van der Waals surface area (Å²) in [5.74, 6) is 0.688. The lowest BCUT2D eigenvalue weighted by Crippen LogP contribution is -2.26. The van der Waals surface area contributed by atoms with Crippen molar-refractivity contribution in [1.29, 1.82) is 0 Å². The Balaban J connectivity index is 1.92. The molecule has 1 N–H and O–H groups in total. The van der Waals surface area contributed by atoms with Gasteiger partial charge in [0.1, 0.15) is 5.75 Å². The Hall–Kier alpha value is -0.720. The molecule has 0 aliphatic carbocycles. The van der Waals surface area contributed by atoms with E-state index in [4.69, 9.17) is 4.74 Å². The van der Waals surface area contributed by atoms with E-state index in [1.54, 1.807) is 18.2 Å². The Morgan fingerprint density at radius 1 is 1.50 bits per heavy atom. The zero-order valence-corrected chi connectivity index (χ0v) is 12.8. The van der Waals surface area contributed by atoms with Gasteiger partial charge in [0.05, 0.1) is 6.10 Å². The number of rotatable bonds is 6. The largest absolute Gasteiger partial charge is 0.434 e. The summed E-state index contributed by atoms with van der Waals surface area (Å²) in [6, 6.07) is 5.03. The van der Waals surface area contributed by atoms with Crippen molar-refractivity contribution >= 4 is 15.9 Å². The van der Waals surface area contributed by atoms with Crippen molar-refractivity contribution in [2.75, 3.05) is 13.2 Å². The number of ether oxygens (including phenoxy) is 2. The number of halogens is 3. The lowest BCUT2D eigenvalue weighted by molar-refractivity contribution is -0.0505. The highest BCUT2D eigenvalue weighted by Crippen LogP contribution is 2.25. The van der Waals surface area contributed by atoms with Gasteiger partial charge in [0.25, 0.3) is 0 Å². The summed E-state index contributed by atoms with van der Waals surface area (Å²) in [6.45, 7) is 1.35. The van der Waals surface area contributed by atoms with E-state index in [9.17, 15) is 8.78 Å². The normalized spacial score (nSPS) is 22.4. The maximum Gasteiger partial charge on any atom is 0.387 e. The molecule has 0 radical (unpaired) electrons. The van der Waals surface area contributed by atoms with Gasteiger partial charge in [-0.15, -0.1) is 0 Å². The summed E-state index contributed by atoms with van der Waals surface area (Å²) in [6.07, 6.45) is 1.29. The second kappa shape index (κ2) is 7.33. The first kappa shape index (κ1) is 15.7. The van der Waals surface area contributed by atoms with Gasteiger partial charge in [-0.1, -0.05) is 15.9 Å². The number of nitrogens with one attached hydrogen (secondary N) is 1. The van der Waals surface area contributed by atoms with Crippen molar-refractivity contribution in [3.63, 3.8) is 0 Å². The Morgan fingerprint density at radius 2 is 2.30 bits per heavy atom. The van der Waals surface area contributed by atoms with E-state index >= 15 is 0 Å². The fourth-order valence-corrected chi connectivity index (χ4v) is 2.74. The average Bonchev–Trinajstić information content (AvgIpc) is 2.78. The van der Waals surface area contributed by atoms with Gasteiger partial charge >= 0.3 is 6.61 Å². The number of alkyl halides is 2. The lowest BCUT2D eigenvalue weighted by Gasteiger charge is -2.16. The highest BCUT2D eigenvalue weighted by atomic mass is 79.9. The third-order valence-electron chi connectivity index (χ3n) is 3.49. The quantitative estimate of drug-likeness (QED) is 0.851. The molecule has 0 amide bonds. The SMILES string of the molecule is CC1OCCC1CNCc1cc(Br)ccc1OC(F)F. The van der Waals surface area contributed by atoms with Gasteiger partial charge in [-0.3, -0.25) is 0 Å². The molecule has 0 bridgehead atoms. The maximum atomic E-state index is 12.3. The smallest absolute Gasteiger partial charge is 0.387 e. The topological polar surface area (TPSA) is 30.5 Å². The molecule has 2 atom stereocenters. The van der Waals surface area contributed by atoms with Crippen LogP contribution in [-0.4, -0.2) is 25.9 Å². The molecule has 0 saturated carbocycles. The van der Waals surface area contributed by atoms with Crippen LogP contribution in [0.2, 0.25) is 0 Å². The molecular weight excluding hydrogens is 332 g/mol. The number of benzene rings is 1. The van der Waals surface area contributed by atoms with Gasteiger partial charge in [-0.2, -0.15) is 8.78 Å². The molecule has 1 aromatic carbocycles. The van der Waals surface area contributed by atoms with Crippen LogP contribution < -0.4 is 10.1 Å². The molecular formula is C14H18BrF2NO2. The minimum Gasteiger partial charge on any atom is -0.434 e. The van der Waals surface area contributed by atoms with Crippen LogP contribution in [0.15, 0.2) is 22.7 Å². The van der Waals surface area contributed by atoms with Crippen molar-refractivity contribution < 1.29 is 18.3 Å². The monoisotopic (exact) mass is 349 g/mol. The van der Waals surface area contributed by atoms with Gasteiger partial charge in [-0.05, 0) is 37.5 Å². The minimum atomic E-state index is -2.81. The summed E-state index contributed by atoms with van der Waals surface area (Å²) < 4.78 is 35.6. The fourth-order valence-electron chi connectivity index (χ4n) is 2.33. The van der Waals surface area contributed by atoms with Crippen molar-refractivity contribution in [2.45, 2.75) is 32.6 Å². The summed E-state index contributed by atoms with van der Waals surface area (Å²) in [4.78, 5) is 0. The molecule has 1 heterocycles. The highest BCUT2D eigenvalue weighted by Gasteiger charge is 2.23. The Labute approximate surface area is 125 Å². The lowest BCUT2D eigenvalue weighted by atomic mass is 10.0. The van der Waals surface area contributed by atoms with Crippen LogP contribution in [0, 0.1) is 5.92 Å². The van der Waals surface area contributed by atoms with E-state index in [-0.39, 0.29) is 11.9 Å². The fraction of sp³-hybridized carbons (Fsp3) is 0.571. The van der Waals surface area contributed by atoms with Gasteiger partial charge in [0.2, 0.25) is 0 Å². The van der Waals surface area contributed by atoms with Crippen LogP contribution in [0.5, 0.6) is 5.75 Å². The predicted molar refractivity (Wildman–Crippen MR) is 76.0 cm³/mol. The van der Waals surface area contributed by atoms with Crippen LogP contribution >= 0.6 is 15.9 Å². The standard InChI is InChI=1S/C14H18BrF2NO2/c1-9-10(4-5-19-9)7-18-8-11-6-12(15)2-3-13(11)20-14(16)17/h2-3,6,9-10,14,18H,4-5,7-8H2,1H3. The maximum absolute atomic E-state index is 12.3. The predicted octanol–water partition coefficient (Wildman–Crippen LogP) is 3.57. The molecule has 1 fully saturated rings. The van der Waals surface area contributed by atoms with Crippen LogP contribution in [0.25, 0.3) is 0 Å². The van der Waals surface area contributed by atoms with Gasteiger partial charge in [0.15, 0.2) is 0 Å². The first-order chi connectivity index (χ1) is 9.56. The zero-order valence-electron chi connectivity index (χ0n) is 11.2. The van der Waals surface area contributed by atoms with Gasteiger partial charge < -0.3 is 14.8 Å². The molecule has 3 nitrogen and oxygen atoms in total. The van der Waals surface area contributed by atoms with E-state index in [0.29, 0.717) is 18.0 Å². The molecule has 2 rings (SSSR count). The van der Waals surface area contributed by atoms with Crippen LogP contribution in [-0.2, 0) is 11.3 Å².